The molecule has 0 spiro atoms. The fourth-order valence-corrected chi connectivity index (χ4v) is 3.42. The van der Waals surface area contributed by atoms with Crippen LogP contribution < -0.4 is 5.32 Å². The molecule has 0 saturated carbocycles. The van der Waals surface area contributed by atoms with Gasteiger partial charge in [0.2, 0.25) is 0 Å². The molecular formula is C19H21N3O2S. The van der Waals surface area contributed by atoms with E-state index in [0.717, 1.165) is 29.4 Å². The molecule has 1 fully saturated rings. The summed E-state index contributed by atoms with van der Waals surface area (Å²) in [5.74, 6) is -0.778. The van der Waals surface area contributed by atoms with Crippen LogP contribution in [0, 0.1) is 0 Å². The minimum atomic E-state index is -0.442. The van der Waals surface area contributed by atoms with Gasteiger partial charge in [0, 0.05) is 35.2 Å². The highest BCUT2D eigenvalue weighted by atomic mass is 32.1. The third-order valence-corrected chi connectivity index (χ3v) is 4.92. The van der Waals surface area contributed by atoms with Gasteiger partial charge in [0.25, 0.3) is 11.8 Å². The lowest BCUT2D eigenvalue weighted by molar-refractivity contribution is -0.130. The highest BCUT2D eigenvalue weighted by molar-refractivity contribution is 7.80. The van der Waals surface area contributed by atoms with Crippen LogP contribution in [0.4, 0.5) is 0 Å². The van der Waals surface area contributed by atoms with Gasteiger partial charge in [0.15, 0.2) is 5.11 Å². The summed E-state index contributed by atoms with van der Waals surface area (Å²) in [4.78, 5) is 26.7. The Kier molecular flexibility index (Phi) is 4.72. The van der Waals surface area contributed by atoms with E-state index in [2.05, 4.69) is 16.8 Å². The standard InChI is InChI=1S/C19H21N3O2S/c1-4-12(3)22-18(24)15(17(23)20-19(22)25)10-13-11-21(5-2)16-9-7-6-8-14(13)16/h6-12H,4-5H2,1-3H3,(H,20,23,25). The van der Waals surface area contributed by atoms with E-state index in [1.165, 1.54) is 4.90 Å². The number of aromatic nitrogens is 1. The van der Waals surface area contributed by atoms with Crippen molar-refractivity contribution in [3.63, 3.8) is 0 Å². The molecule has 2 heterocycles. The summed E-state index contributed by atoms with van der Waals surface area (Å²) in [6.45, 7) is 6.77. The fraction of sp³-hybridized carbons (Fsp3) is 0.316. The Hall–Kier alpha value is -2.47. The Morgan fingerprint density at radius 3 is 2.64 bits per heavy atom. The van der Waals surface area contributed by atoms with E-state index in [9.17, 15) is 9.59 Å². The van der Waals surface area contributed by atoms with Crippen LogP contribution in [0.25, 0.3) is 17.0 Å². The molecule has 0 bridgehead atoms. The summed E-state index contributed by atoms with van der Waals surface area (Å²) in [5, 5.41) is 3.83. The molecular weight excluding hydrogens is 334 g/mol. The van der Waals surface area contributed by atoms with Crippen molar-refractivity contribution < 1.29 is 9.59 Å². The second-order valence-corrected chi connectivity index (χ2v) is 6.52. The van der Waals surface area contributed by atoms with Crippen LogP contribution in [0.15, 0.2) is 36.0 Å². The number of nitrogens with one attached hydrogen (secondary N) is 1. The van der Waals surface area contributed by atoms with Crippen LogP contribution in [0.3, 0.4) is 0 Å². The second kappa shape index (κ2) is 6.80. The van der Waals surface area contributed by atoms with Gasteiger partial charge in [-0.2, -0.15) is 0 Å². The van der Waals surface area contributed by atoms with Crippen LogP contribution in [0.2, 0.25) is 0 Å². The molecule has 25 heavy (non-hydrogen) atoms. The van der Waals surface area contributed by atoms with Crippen LogP contribution in [0.1, 0.15) is 32.8 Å². The number of hydrogen-bond acceptors (Lipinski definition) is 3. The number of rotatable bonds is 4. The van der Waals surface area contributed by atoms with Crippen molar-refractivity contribution in [2.24, 2.45) is 0 Å². The van der Waals surface area contributed by atoms with Crippen molar-refractivity contribution in [2.75, 3.05) is 0 Å². The smallest absolute Gasteiger partial charge is 0.265 e. The average molecular weight is 355 g/mol. The summed E-state index contributed by atoms with van der Waals surface area (Å²) in [6.07, 6.45) is 4.40. The van der Waals surface area contributed by atoms with Gasteiger partial charge in [-0.15, -0.1) is 0 Å². The first-order valence-electron chi connectivity index (χ1n) is 8.46. The number of thiocarbonyl (C=S) groups is 1. The first kappa shape index (κ1) is 17.4. The van der Waals surface area contributed by atoms with Gasteiger partial charge in [-0.1, -0.05) is 25.1 Å². The summed E-state index contributed by atoms with van der Waals surface area (Å²) < 4.78 is 2.10. The Labute approximate surface area is 152 Å². The number of carbonyl (C=O) groups is 2. The zero-order valence-electron chi connectivity index (χ0n) is 14.6. The molecule has 1 unspecified atom stereocenters. The normalized spacial score (nSPS) is 18.1. The van der Waals surface area contributed by atoms with Crippen LogP contribution in [-0.4, -0.2) is 32.4 Å². The van der Waals surface area contributed by atoms with Gasteiger partial charge in [0.1, 0.15) is 5.57 Å². The first-order valence-corrected chi connectivity index (χ1v) is 8.87. The second-order valence-electron chi connectivity index (χ2n) is 6.14. The van der Waals surface area contributed by atoms with Gasteiger partial charge in [0.05, 0.1) is 0 Å². The molecule has 2 amide bonds. The lowest BCUT2D eigenvalue weighted by atomic mass is 10.1. The molecule has 1 aromatic heterocycles. The molecule has 0 radical (unpaired) electrons. The molecule has 2 aromatic rings. The molecule has 1 atom stereocenters. The molecule has 5 nitrogen and oxygen atoms in total. The lowest BCUT2D eigenvalue weighted by Crippen LogP contribution is -2.56. The van der Waals surface area contributed by atoms with E-state index < -0.39 is 5.91 Å². The van der Waals surface area contributed by atoms with Crippen LogP contribution in [0.5, 0.6) is 0 Å². The molecule has 0 aliphatic carbocycles. The van der Waals surface area contributed by atoms with Gasteiger partial charge < -0.3 is 4.57 Å². The molecule has 1 aromatic carbocycles. The Bertz CT molecular complexity index is 897. The maximum atomic E-state index is 12.9. The predicted molar refractivity (Wildman–Crippen MR) is 103 cm³/mol. The number of fused-ring (bicyclic) bond motifs is 1. The summed E-state index contributed by atoms with van der Waals surface area (Å²) in [5.41, 5.74) is 2.05. The Morgan fingerprint density at radius 2 is 1.96 bits per heavy atom. The molecule has 3 rings (SSSR count). The minimum Gasteiger partial charge on any atom is -0.347 e. The third-order valence-electron chi connectivity index (χ3n) is 4.62. The van der Waals surface area contributed by atoms with E-state index in [1.54, 1.807) is 6.08 Å². The van der Waals surface area contributed by atoms with Gasteiger partial charge in [-0.05, 0) is 44.6 Å². The molecule has 1 N–H and O–H groups in total. The molecule has 130 valence electrons. The predicted octanol–water partition coefficient (Wildman–Crippen LogP) is 3.09. The van der Waals surface area contributed by atoms with Crippen LogP contribution >= 0.6 is 12.2 Å². The highest BCUT2D eigenvalue weighted by Gasteiger charge is 2.35. The largest absolute Gasteiger partial charge is 0.347 e. The molecule has 6 heteroatoms. The number of nitrogens with zero attached hydrogens (tertiary/aromatic N) is 2. The van der Waals surface area contributed by atoms with Crippen molar-refractivity contribution in [1.82, 2.24) is 14.8 Å². The first-order chi connectivity index (χ1) is 12.0. The topological polar surface area (TPSA) is 54.3 Å². The quantitative estimate of drug-likeness (QED) is 0.521. The van der Waals surface area contributed by atoms with E-state index in [1.807, 2.05) is 44.3 Å². The number of aryl methyl sites for hydroxylation is 1. The van der Waals surface area contributed by atoms with Crippen molar-refractivity contribution >= 4 is 46.1 Å². The van der Waals surface area contributed by atoms with Gasteiger partial charge >= 0.3 is 0 Å². The maximum absolute atomic E-state index is 12.9. The van der Waals surface area contributed by atoms with Crippen molar-refractivity contribution in [3.05, 3.63) is 41.6 Å². The van der Waals surface area contributed by atoms with Crippen LogP contribution in [-0.2, 0) is 16.1 Å². The van der Waals surface area contributed by atoms with Crippen molar-refractivity contribution in [1.29, 1.82) is 0 Å². The Morgan fingerprint density at radius 1 is 1.24 bits per heavy atom. The van der Waals surface area contributed by atoms with Gasteiger partial charge in [-0.3, -0.25) is 19.8 Å². The molecule has 1 aliphatic rings. The number of para-hydroxylation sites is 1. The molecule has 1 aliphatic heterocycles. The number of hydrogen-bond donors (Lipinski definition) is 1. The minimum absolute atomic E-state index is 0.0685. The zero-order chi connectivity index (χ0) is 18.1. The highest BCUT2D eigenvalue weighted by Crippen LogP contribution is 2.25. The third kappa shape index (κ3) is 2.98. The molecule has 1 saturated heterocycles. The number of carbonyl (C=O) groups excluding carboxylic acids is 2. The fourth-order valence-electron chi connectivity index (χ4n) is 3.06. The summed E-state index contributed by atoms with van der Waals surface area (Å²) in [7, 11) is 0. The zero-order valence-corrected chi connectivity index (χ0v) is 15.4. The SMILES string of the molecule is CCC(C)N1C(=O)C(=Cc2cn(CC)c3ccccc23)C(=O)NC1=S. The Balaban J connectivity index is 2.10. The van der Waals surface area contributed by atoms with E-state index >= 15 is 0 Å². The van der Waals surface area contributed by atoms with E-state index in [0.29, 0.717) is 0 Å². The van der Waals surface area contributed by atoms with Gasteiger partial charge in [-0.25, -0.2) is 0 Å². The van der Waals surface area contributed by atoms with E-state index in [-0.39, 0.29) is 22.6 Å². The lowest BCUT2D eigenvalue weighted by Gasteiger charge is -2.33. The van der Waals surface area contributed by atoms with Crippen molar-refractivity contribution in [2.45, 2.75) is 39.8 Å². The number of benzene rings is 1. The summed E-state index contributed by atoms with van der Waals surface area (Å²) in [6, 6.07) is 7.89. The summed E-state index contributed by atoms with van der Waals surface area (Å²) >= 11 is 5.18. The monoisotopic (exact) mass is 355 g/mol. The number of amides is 2. The van der Waals surface area contributed by atoms with E-state index in [4.69, 9.17) is 12.2 Å². The van der Waals surface area contributed by atoms with Crippen molar-refractivity contribution in [3.8, 4) is 0 Å². The maximum Gasteiger partial charge on any atom is 0.265 e. The average Bonchev–Trinajstić information content (AvgIpc) is 2.96.